The van der Waals surface area contributed by atoms with Gasteiger partial charge in [0.1, 0.15) is 0 Å². The van der Waals surface area contributed by atoms with E-state index in [4.69, 9.17) is 5.26 Å². The van der Waals surface area contributed by atoms with Gasteiger partial charge in [-0.3, -0.25) is 0 Å². The van der Waals surface area contributed by atoms with E-state index >= 15 is 0 Å². The molecule has 0 aromatic heterocycles. The molecule has 0 saturated heterocycles. The number of benzene rings is 2. The van der Waals surface area contributed by atoms with Crippen LogP contribution in [0.3, 0.4) is 0 Å². The Bertz CT molecular complexity index is 965. The van der Waals surface area contributed by atoms with Crippen LogP contribution in [0.5, 0.6) is 0 Å². The van der Waals surface area contributed by atoms with Crippen molar-refractivity contribution in [2.45, 2.75) is 18.8 Å². The first-order valence-electron chi connectivity index (χ1n) is 8.53. The topological polar surface area (TPSA) is 64.4 Å². The van der Waals surface area contributed by atoms with E-state index in [0.717, 1.165) is 17.0 Å². The summed E-state index contributed by atoms with van der Waals surface area (Å²) in [5, 5.41) is 9.05. The summed E-state index contributed by atoms with van der Waals surface area (Å²) in [7, 11) is -3.39. The lowest BCUT2D eigenvalue weighted by molar-refractivity contribution is 0.476. The number of allylic oxidation sites excluding steroid dienone is 1. The van der Waals surface area contributed by atoms with Crippen LogP contribution in [0.15, 0.2) is 65.7 Å². The molecular formula is C20H21N3O2S2. The smallest absolute Gasteiger partial charge is 0.234 e. The summed E-state index contributed by atoms with van der Waals surface area (Å²) in [6, 6.07) is 19.5. The molecule has 0 spiro atoms. The average Bonchev–Trinajstić information content (AvgIpc) is 3.05. The molecule has 3 rings (SSSR count). The monoisotopic (exact) mass is 399 g/mol. The van der Waals surface area contributed by atoms with Gasteiger partial charge < -0.3 is 4.90 Å². The highest BCUT2D eigenvalue weighted by atomic mass is 32.2. The van der Waals surface area contributed by atoms with Gasteiger partial charge in [-0.15, -0.1) is 0 Å². The Morgan fingerprint density at radius 2 is 1.81 bits per heavy atom. The van der Waals surface area contributed by atoms with Crippen LogP contribution in [0.25, 0.3) is 0 Å². The first-order chi connectivity index (χ1) is 12.9. The Labute approximate surface area is 165 Å². The summed E-state index contributed by atoms with van der Waals surface area (Å²) >= 11 is 1.52. The molecule has 2 aromatic carbocycles. The summed E-state index contributed by atoms with van der Waals surface area (Å²) < 4.78 is 26.0. The van der Waals surface area contributed by atoms with Crippen LogP contribution in [0, 0.1) is 11.3 Å². The summed E-state index contributed by atoms with van der Waals surface area (Å²) in [6.45, 7) is 2.57. The number of rotatable bonds is 6. The molecule has 0 radical (unpaired) electrons. The first-order valence-corrected chi connectivity index (χ1v) is 11.3. The normalized spacial score (nSPS) is 16.7. The van der Waals surface area contributed by atoms with Crippen LogP contribution in [-0.4, -0.2) is 31.0 Å². The molecule has 0 amide bonds. The average molecular weight is 400 g/mol. The Balaban J connectivity index is 1.92. The zero-order valence-electron chi connectivity index (χ0n) is 15.2. The van der Waals surface area contributed by atoms with Crippen LogP contribution < -0.4 is 4.90 Å². The second kappa shape index (κ2) is 8.07. The number of sulfonamides is 1. The molecule has 2 aromatic rings. The van der Waals surface area contributed by atoms with Gasteiger partial charge in [-0.2, -0.15) is 5.26 Å². The molecule has 0 N–H and O–H groups in total. The molecule has 7 heteroatoms. The summed E-state index contributed by atoms with van der Waals surface area (Å²) in [5.74, 6) is 0. The molecule has 1 aliphatic heterocycles. The van der Waals surface area contributed by atoms with Gasteiger partial charge in [-0.25, -0.2) is 12.7 Å². The quantitative estimate of drug-likeness (QED) is 0.740. The second-order valence-electron chi connectivity index (χ2n) is 6.36. The summed E-state index contributed by atoms with van der Waals surface area (Å²) in [4.78, 5) is 3.02. The fourth-order valence-electron chi connectivity index (χ4n) is 2.94. The zero-order chi connectivity index (χ0) is 19.4. The predicted octanol–water partition coefficient (Wildman–Crippen LogP) is 3.76. The van der Waals surface area contributed by atoms with Crippen LogP contribution >= 0.6 is 11.8 Å². The molecule has 1 aliphatic rings. The van der Waals surface area contributed by atoms with Crippen LogP contribution in [0.2, 0.25) is 0 Å². The molecule has 1 unspecified atom stereocenters. The molecular weight excluding hydrogens is 378 g/mol. The maximum atomic E-state index is 12.3. The molecule has 0 aliphatic carbocycles. The fraction of sp³-hybridized carbons (Fsp3) is 0.250. The van der Waals surface area contributed by atoms with Gasteiger partial charge >= 0.3 is 0 Å². The number of nitrogens with zero attached hydrogens (tertiary/aromatic N) is 3. The molecule has 0 fully saturated rings. The lowest BCUT2D eigenvalue weighted by Gasteiger charge is -2.35. The van der Waals surface area contributed by atoms with Gasteiger partial charge in [-0.1, -0.05) is 42.1 Å². The van der Waals surface area contributed by atoms with E-state index in [1.807, 2.05) is 37.3 Å². The van der Waals surface area contributed by atoms with Crippen molar-refractivity contribution in [1.82, 2.24) is 4.31 Å². The van der Waals surface area contributed by atoms with Crippen molar-refractivity contribution in [2.75, 3.05) is 17.7 Å². The SMILES string of the molecule is CC1=CN(S(C)(=O)=O)C(N(CCc2ccccc2)c2ccc(C#N)cc2)S1. The zero-order valence-corrected chi connectivity index (χ0v) is 16.9. The molecule has 1 atom stereocenters. The van der Waals surface area contributed by atoms with E-state index in [0.29, 0.717) is 12.1 Å². The Hall–Kier alpha value is -2.43. The Morgan fingerprint density at radius 1 is 1.15 bits per heavy atom. The van der Waals surface area contributed by atoms with Gasteiger partial charge in [0.05, 0.1) is 17.9 Å². The summed E-state index contributed by atoms with van der Waals surface area (Å²) in [6.07, 6.45) is 3.70. The van der Waals surface area contributed by atoms with Crippen LogP contribution in [-0.2, 0) is 16.4 Å². The number of anilines is 1. The van der Waals surface area contributed by atoms with E-state index in [-0.39, 0.29) is 5.50 Å². The third-order valence-electron chi connectivity index (χ3n) is 4.28. The van der Waals surface area contributed by atoms with Gasteiger partial charge in [0.15, 0.2) is 5.50 Å². The number of nitriles is 1. The number of hydrogen-bond acceptors (Lipinski definition) is 5. The van der Waals surface area contributed by atoms with E-state index in [2.05, 4.69) is 23.1 Å². The molecule has 27 heavy (non-hydrogen) atoms. The molecule has 0 saturated carbocycles. The largest absolute Gasteiger partial charge is 0.341 e. The number of thioether (sulfide) groups is 1. The minimum Gasteiger partial charge on any atom is -0.341 e. The molecule has 1 heterocycles. The highest BCUT2D eigenvalue weighted by Gasteiger charge is 2.34. The van der Waals surface area contributed by atoms with Crippen molar-refractivity contribution >= 4 is 27.5 Å². The maximum Gasteiger partial charge on any atom is 0.234 e. The third-order valence-corrected chi connectivity index (χ3v) is 6.65. The first kappa shape index (κ1) is 19.3. The third kappa shape index (κ3) is 4.65. The Kier molecular flexibility index (Phi) is 5.78. The van der Waals surface area contributed by atoms with Crippen molar-refractivity contribution < 1.29 is 8.42 Å². The second-order valence-corrected chi connectivity index (χ2v) is 9.55. The van der Waals surface area contributed by atoms with Crippen molar-refractivity contribution in [3.63, 3.8) is 0 Å². The van der Waals surface area contributed by atoms with E-state index in [9.17, 15) is 8.42 Å². The lowest BCUT2D eigenvalue weighted by Crippen LogP contribution is -2.45. The van der Waals surface area contributed by atoms with E-state index in [1.54, 1.807) is 18.3 Å². The highest BCUT2D eigenvalue weighted by molar-refractivity contribution is 8.04. The van der Waals surface area contributed by atoms with Crippen molar-refractivity contribution in [1.29, 1.82) is 5.26 Å². The van der Waals surface area contributed by atoms with Gasteiger partial charge in [0, 0.05) is 23.3 Å². The highest BCUT2D eigenvalue weighted by Crippen LogP contribution is 2.38. The van der Waals surface area contributed by atoms with Crippen LogP contribution in [0.4, 0.5) is 5.69 Å². The minimum absolute atomic E-state index is 0.378. The summed E-state index contributed by atoms with van der Waals surface area (Å²) in [5.41, 5.74) is 2.28. The van der Waals surface area contributed by atoms with Gasteiger partial charge in [0.25, 0.3) is 0 Å². The van der Waals surface area contributed by atoms with Crippen molar-refractivity contribution in [3.05, 3.63) is 76.8 Å². The van der Waals surface area contributed by atoms with Crippen LogP contribution in [0.1, 0.15) is 18.1 Å². The van der Waals surface area contributed by atoms with E-state index in [1.165, 1.54) is 27.9 Å². The Morgan fingerprint density at radius 3 is 2.41 bits per heavy atom. The number of hydrogen-bond donors (Lipinski definition) is 0. The van der Waals surface area contributed by atoms with Crippen molar-refractivity contribution in [2.24, 2.45) is 0 Å². The molecule has 5 nitrogen and oxygen atoms in total. The predicted molar refractivity (Wildman–Crippen MR) is 110 cm³/mol. The molecule has 0 bridgehead atoms. The minimum atomic E-state index is -3.39. The van der Waals surface area contributed by atoms with E-state index < -0.39 is 10.0 Å². The maximum absolute atomic E-state index is 12.3. The standard InChI is InChI=1S/C20H21N3O2S2/c1-16-15-23(27(2,24)25)20(26-16)22(13-12-17-6-4-3-5-7-17)19-10-8-18(14-21)9-11-19/h3-11,15,20H,12-13H2,1-2H3. The van der Waals surface area contributed by atoms with Gasteiger partial charge in [-0.05, 0) is 43.2 Å². The lowest BCUT2D eigenvalue weighted by atomic mass is 10.1. The fourth-order valence-corrected chi connectivity index (χ4v) is 5.42. The molecule has 140 valence electrons. The van der Waals surface area contributed by atoms with Gasteiger partial charge in [0.2, 0.25) is 10.0 Å². The van der Waals surface area contributed by atoms with Crippen molar-refractivity contribution in [3.8, 4) is 6.07 Å².